The van der Waals surface area contributed by atoms with Crippen molar-refractivity contribution >= 4 is 36.3 Å². The molecule has 0 aromatic rings. The molecule has 142 valence electrons. The average Bonchev–Trinajstić information content (AvgIpc) is 3.11. The van der Waals surface area contributed by atoms with Gasteiger partial charge < -0.3 is 31.5 Å². The first-order valence-corrected chi connectivity index (χ1v) is 8.52. The Labute approximate surface area is 150 Å². The third kappa shape index (κ3) is 6.52. The van der Waals surface area contributed by atoms with Crippen molar-refractivity contribution in [1.82, 2.24) is 21.3 Å². The van der Waals surface area contributed by atoms with Gasteiger partial charge in [-0.3, -0.25) is 14.4 Å². The summed E-state index contributed by atoms with van der Waals surface area (Å²) in [6, 6.07) is -3.79. The lowest BCUT2D eigenvalue weighted by Crippen LogP contribution is -2.57. The van der Waals surface area contributed by atoms with Crippen LogP contribution < -0.4 is 21.3 Å². The Morgan fingerprint density at radius 2 is 1.80 bits per heavy atom. The Morgan fingerprint density at radius 1 is 1.16 bits per heavy atom. The lowest BCUT2D eigenvalue weighted by Gasteiger charge is -2.22. The minimum absolute atomic E-state index is 0.0831. The second kappa shape index (κ2) is 10.2. The molecule has 0 aliphatic carbocycles. The van der Waals surface area contributed by atoms with Crippen LogP contribution >= 0.6 is 12.6 Å². The van der Waals surface area contributed by atoms with Crippen LogP contribution in [-0.4, -0.2) is 77.0 Å². The van der Waals surface area contributed by atoms with Gasteiger partial charge in [0.25, 0.3) is 0 Å². The number of nitrogens with one attached hydrogen (secondary N) is 4. The van der Waals surface area contributed by atoms with Gasteiger partial charge in [-0.1, -0.05) is 0 Å². The van der Waals surface area contributed by atoms with E-state index >= 15 is 0 Å². The number of rotatable bonds is 9. The summed E-state index contributed by atoms with van der Waals surface area (Å²) in [5, 5.41) is 27.8. The van der Waals surface area contributed by atoms with Crippen molar-refractivity contribution in [2.24, 2.45) is 0 Å². The summed E-state index contributed by atoms with van der Waals surface area (Å²) in [5.41, 5.74) is 0. The molecule has 1 fully saturated rings. The quantitative estimate of drug-likeness (QED) is 0.215. The van der Waals surface area contributed by atoms with E-state index in [0.29, 0.717) is 6.42 Å². The highest BCUT2D eigenvalue weighted by atomic mass is 32.1. The summed E-state index contributed by atoms with van der Waals surface area (Å²) in [6.07, 6.45) is 1.58. The van der Waals surface area contributed by atoms with Gasteiger partial charge in [-0.2, -0.15) is 12.6 Å². The number of carboxylic acid groups (broad SMARTS) is 1. The highest BCUT2D eigenvalue weighted by Crippen LogP contribution is 2.05. The minimum atomic E-state index is -1.47. The third-order valence-corrected chi connectivity index (χ3v) is 4.11. The normalized spacial score (nSPS) is 20.2. The number of carbonyl (C=O) groups is 4. The summed E-state index contributed by atoms with van der Waals surface area (Å²) < 4.78 is 0. The lowest BCUT2D eigenvalue weighted by molar-refractivity contribution is -0.143. The van der Waals surface area contributed by atoms with Gasteiger partial charge in [0.1, 0.15) is 18.1 Å². The second-order valence-electron chi connectivity index (χ2n) is 5.70. The van der Waals surface area contributed by atoms with Gasteiger partial charge in [-0.25, -0.2) is 4.79 Å². The molecule has 0 radical (unpaired) electrons. The zero-order valence-corrected chi connectivity index (χ0v) is 14.7. The maximum Gasteiger partial charge on any atom is 0.328 e. The van der Waals surface area contributed by atoms with E-state index in [-0.39, 0.29) is 17.7 Å². The molecule has 0 spiro atoms. The van der Waals surface area contributed by atoms with E-state index < -0.39 is 42.5 Å². The topological polar surface area (TPSA) is 157 Å². The molecule has 1 aliphatic heterocycles. The first kappa shape index (κ1) is 21.2. The third-order valence-electron chi connectivity index (χ3n) is 3.74. The summed E-state index contributed by atoms with van der Waals surface area (Å²) in [6.45, 7) is 1.44. The summed E-state index contributed by atoms with van der Waals surface area (Å²) >= 11 is 3.96. The largest absolute Gasteiger partial charge is 0.480 e. The van der Waals surface area contributed by atoms with Crippen molar-refractivity contribution in [3.63, 3.8) is 0 Å². The van der Waals surface area contributed by atoms with E-state index in [9.17, 15) is 19.2 Å². The number of hydrogen-bond donors (Lipinski definition) is 7. The first-order chi connectivity index (χ1) is 11.8. The average molecular weight is 376 g/mol. The van der Waals surface area contributed by atoms with Gasteiger partial charge >= 0.3 is 5.97 Å². The molecular weight excluding hydrogens is 352 g/mol. The van der Waals surface area contributed by atoms with Gasteiger partial charge in [0.15, 0.2) is 0 Å². The van der Waals surface area contributed by atoms with Crippen LogP contribution in [0.25, 0.3) is 0 Å². The molecule has 1 saturated heterocycles. The zero-order valence-electron chi connectivity index (χ0n) is 13.8. The standard InChI is InChI=1S/C14H24N4O6S/c1-7(16-12(21)8-3-2-4-15-8)11(20)18-10(6-25)13(22)17-9(5-19)14(23)24/h7-10,15,19,25H,2-6H2,1H3,(H,16,21)(H,17,22)(H,18,20)(H,23,24). The van der Waals surface area contributed by atoms with E-state index in [0.717, 1.165) is 13.0 Å². The Morgan fingerprint density at radius 3 is 2.28 bits per heavy atom. The summed E-state index contributed by atoms with van der Waals surface area (Å²) in [4.78, 5) is 46.9. The molecule has 25 heavy (non-hydrogen) atoms. The molecule has 3 amide bonds. The fourth-order valence-corrected chi connectivity index (χ4v) is 2.49. The van der Waals surface area contributed by atoms with E-state index in [1.807, 2.05) is 0 Å². The molecule has 10 nitrogen and oxygen atoms in total. The Bertz CT molecular complexity index is 512. The summed E-state index contributed by atoms with van der Waals surface area (Å²) in [7, 11) is 0. The minimum Gasteiger partial charge on any atom is -0.480 e. The Balaban J connectivity index is 2.54. The van der Waals surface area contributed by atoms with Crippen LogP contribution in [0.2, 0.25) is 0 Å². The van der Waals surface area contributed by atoms with E-state index in [2.05, 4.69) is 33.9 Å². The molecule has 4 unspecified atom stereocenters. The summed E-state index contributed by atoms with van der Waals surface area (Å²) in [5.74, 6) is -3.17. The van der Waals surface area contributed by atoms with Crippen LogP contribution in [0.5, 0.6) is 0 Å². The predicted molar refractivity (Wildman–Crippen MR) is 91.1 cm³/mol. The van der Waals surface area contributed by atoms with Crippen molar-refractivity contribution in [1.29, 1.82) is 0 Å². The number of amides is 3. The van der Waals surface area contributed by atoms with Crippen LogP contribution in [0, 0.1) is 0 Å². The number of hydrogen-bond acceptors (Lipinski definition) is 7. The van der Waals surface area contributed by atoms with Gasteiger partial charge in [0, 0.05) is 5.75 Å². The van der Waals surface area contributed by atoms with Crippen LogP contribution in [-0.2, 0) is 19.2 Å². The van der Waals surface area contributed by atoms with Crippen LogP contribution in [0.4, 0.5) is 0 Å². The van der Waals surface area contributed by atoms with Crippen molar-refractivity contribution in [3.8, 4) is 0 Å². The highest BCUT2D eigenvalue weighted by Gasteiger charge is 2.28. The molecule has 1 heterocycles. The number of thiol groups is 1. The SMILES string of the molecule is CC(NC(=O)C1CCCN1)C(=O)NC(CS)C(=O)NC(CO)C(=O)O. The molecule has 4 atom stereocenters. The van der Waals surface area contributed by atoms with E-state index in [1.54, 1.807) is 0 Å². The fourth-order valence-electron chi connectivity index (χ4n) is 2.24. The van der Waals surface area contributed by atoms with Crippen LogP contribution in [0.15, 0.2) is 0 Å². The molecule has 0 saturated carbocycles. The number of aliphatic hydroxyl groups is 1. The molecule has 6 N–H and O–H groups in total. The van der Waals surface area contributed by atoms with Crippen molar-refractivity contribution in [2.45, 2.75) is 43.9 Å². The Kier molecular flexibility index (Phi) is 8.66. The number of carboxylic acids is 1. The zero-order chi connectivity index (χ0) is 19.0. The maximum atomic E-state index is 12.1. The van der Waals surface area contributed by atoms with Crippen molar-refractivity contribution in [3.05, 3.63) is 0 Å². The monoisotopic (exact) mass is 376 g/mol. The molecule has 11 heteroatoms. The maximum absolute atomic E-state index is 12.1. The van der Waals surface area contributed by atoms with Crippen LogP contribution in [0.3, 0.4) is 0 Å². The predicted octanol–water partition coefficient (Wildman–Crippen LogP) is -2.78. The van der Waals surface area contributed by atoms with E-state index in [4.69, 9.17) is 10.2 Å². The van der Waals surface area contributed by atoms with Gasteiger partial charge in [-0.05, 0) is 26.3 Å². The molecule has 1 aliphatic rings. The molecule has 1 rings (SSSR count). The molecule has 0 aromatic heterocycles. The van der Waals surface area contributed by atoms with Gasteiger partial charge in [0.05, 0.1) is 12.6 Å². The second-order valence-corrected chi connectivity index (χ2v) is 6.07. The van der Waals surface area contributed by atoms with Crippen molar-refractivity contribution in [2.75, 3.05) is 18.9 Å². The van der Waals surface area contributed by atoms with Gasteiger partial charge in [0.2, 0.25) is 17.7 Å². The van der Waals surface area contributed by atoms with Crippen LogP contribution in [0.1, 0.15) is 19.8 Å². The number of carbonyl (C=O) groups excluding carboxylic acids is 3. The lowest BCUT2D eigenvalue weighted by atomic mass is 10.2. The van der Waals surface area contributed by atoms with Crippen molar-refractivity contribution < 1.29 is 29.4 Å². The number of aliphatic carboxylic acids is 1. The smallest absolute Gasteiger partial charge is 0.328 e. The Hall–Kier alpha value is -1.85. The highest BCUT2D eigenvalue weighted by molar-refractivity contribution is 7.80. The van der Waals surface area contributed by atoms with Gasteiger partial charge in [-0.15, -0.1) is 0 Å². The molecule has 0 bridgehead atoms. The van der Waals surface area contributed by atoms with E-state index in [1.165, 1.54) is 6.92 Å². The first-order valence-electron chi connectivity index (χ1n) is 7.89. The molecular formula is C14H24N4O6S. The fraction of sp³-hybridized carbons (Fsp3) is 0.714. The number of aliphatic hydroxyl groups excluding tert-OH is 1. The molecule has 0 aromatic carbocycles.